The monoisotopic (exact) mass is 577 g/mol. The van der Waals surface area contributed by atoms with Gasteiger partial charge in [-0.1, -0.05) is 55.4 Å². The van der Waals surface area contributed by atoms with Crippen molar-refractivity contribution in [1.29, 1.82) is 0 Å². The van der Waals surface area contributed by atoms with E-state index in [2.05, 4.69) is 27.6 Å². The molecule has 1 fully saturated rings. The molecule has 0 radical (unpaired) electrons. The van der Waals surface area contributed by atoms with E-state index in [1.54, 1.807) is 44.3 Å². The fourth-order valence-electron chi connectivity index (χ4n) is 4.56. The van der Waals surface area contributed by atoms with Crippen LogP contribution in [0.25, 0.3) is 34.0 Å². The predicted octanol–water partition coefficient (Wildman–Crippen LogP) is 5.83. The van der Waals surface area contributed by atoms with E-state index in [4.69, 9.17) is 20.0 Å². The molecule has 2 aromatic heterocycles. The minimum Gasteiger partial charge on any atom is -0.382 e. The molecule has 3 N–H and O–H groups in total. The van der Waals surface area contributed by atoms with E-state index in [0.29, 0.717) is 34.4 Å². The molecule has 1 aliphatic rings. The number of rotatable bonds is 8. The van der Waals surface area contributed by atoms with Crippen molar-refractivity contribution >= 4 is 15.7 Å². The molecule has 10 heteroatoms. The lowest BCUT2D eigenvalue weighted by atomic mass is 10.0. The molecule has 0 amide bonds. The number of hydrogen-bond acceptors (Lipinski definition) is 9. The number of ether oxygens (including phenoxy) is 1. The van der Waals surface area contributed by atoms with Crippen molar-refractivity contribution in [1.82, 2.24) is 20.4 Å². The van der Waals surface area contributed by atoms with Crippen LogP contribution in [0.4, 0.5) is 5.82 Å². The molecular weight excluding hydrogens is 538 g/mol. The Bertz CT molecular complexity index is 1540. The van der Waals surface area contributed by atoms with E-state index in [-0.39, 0.29) is 10.7 Å². The Morgan fingerprint density at radius 1 is 0.976 bits per heavy atom. The van der Waals surface area contributed by atoms with Crippen LogP contribution in [0.5, 0.6) is 0 Å². The number of aromatic nitrogens is 3. The van der Waals surface area contributed by atoms with Crippen molar-refractivity contribution in [2.45, 2.75) is 70.2 Å². The van der Waals surface area contributed by atoms with Crippen LogP contribution in [-0.4, -0.2) is 48.0 Å². The van der Waals surface area contributed by atoms with Crippen molar-refractivity contribution in [2.75, 3.05) is 18.9 Å². The van der Waals surface area contributed by atoms with Crippen LogP contribution in [-0.2, 0) is 21.1 Å². The summed E-state index contributed by atoms with van der Waals surface area (Å²) >= 11 is 0. The standard InChI is InChI=1S/C29H33N5O4S.C2H6/c1-18(2)39(35,36)24-10-8-21(9-11-24)25-17-32-29(30)27(33-25)28-19(3)26(34-38-28)22-6-4-20(5-7-22)16-31-23-12-14-37-15-13-23;1-2/h4-11,17-18,23,31H,12-16H2,1-3H3,(H2,30,32);1-2H3. The van der Waals surface area contributed by atoms with E-state index < -0.39 is 15.1 Å². The summed E-state index contributed by atoms with van der Waals surface area (Å²) in [6.07, 6.45) is 3.64. The molecule has 0 unspecified atom stereocenters. The number of benzene rings is 2. The highest BCUT2D eigenvalue weighted by molar-refractivity contribution is 7.92. The number of anilines is 1. The third-order valence-electron chi connectivity index (χ3n) is 7.08. The average Bonchev–Trinajstić information content (AvgIpc) is 3.39. The van der Waals surface area contributed by atoms with Gasteiger partial charge in [0.15, 0.2) is 27.1 Å². The fraction of sp³-hybridized carbons (Fsp3) is 0.387. The molecule has 3 heterocycles. The Hall–Kier alpha value is -3.60. The van der Waals surface area contributed by atoms with Gasteiger partial charge in [-0.3, -0.25) is 0 Å². The Kier molecular flexibility index (Phi) is 9.90. The fourth-order valence-corrected chi connectivity index (χ4v) is 5.62. The van der Waals surface area contributed by atoms with E-state index in [0.717, 1.165) is 43.7 Å². The second kappa shape index (κ2) is 13.4. The number of hydrogen-bond donors (Lipinski definition) is 2. The summed E-state index contributed by atoms with van der Waals surface area (Å²) < 4.78 is 36.1. The van der Waals surface area contributed by atoms with Gasteiger partial charge in [0.1, 0.15) is 5.69 Å². The molecule has 218 valence electrons. The second-order valence-corrected chi connectivity index (χ2v) is 12.6. The van der Waals surface area contributed by atoms with Crippen LogP contribution in [0.2, 0.25) is 0 Å². The lowest BCUT2D eigenvalue weighted by molar-refractivity contribution is 0.0776. The summed E-state index contributed by atoms with van der Waals surface area (Å²) in [5.74, 6) is 0.666. The first-order valence-electron chi connectivity index (χ1n) is 14.1. The van der Waals surface area contributed by atoms with E-state index in [9.17, 15) is 8.42 Å². The second-order valence-electron chi connectivity index (χ2n) is 10.1. The van der Waals surface area contributed by atoms with E-state index in [1.807, 2.05) is 32.9 Å². The maximum Gasteiger partial charge on any atom is 0.192 e. The number of nitrogens with one attached hydrogen (secondary N) is 1. The number of nitrogens with zero attached hydrogens (tertiary/aromatic N) is 3. The summed E-state index contributed by atoms with van der Waals surface area (Å²) in [6, 6.07) is 15.4. The van der Waals surface area contributed by atoms with Gasteiger partial charge in [-0.05, 0) is 51.3 Å². The molecule has 4 aromatic rings. The van der Waals surface area contributed by atoms with Gasteiger partial charge in [-0.2, -0.15) is 0 Å². The topological polar surface area (TPSA) is 133 Å². The quantitative estimate of drug-likeness (QED) is 0.265. The molecule has 1 saturated heterocycles. The number of nitrogens with two attached hydrogens (primary N) is 1. The summed E-state index contributed by atoms with van der Waals surface area (Å²) in [6.45, 7) is 11.7. The van der Waals surface area contributed by atoms with E-state index in [1.165, 1.54) is 5.56 Å². The van der Waals surface area contributed by atoms with Crippen LogP contribution < -0.4 is 11.1 Å². The van der Waals surface area contributed by atoms with Gasteiger partial charge in [-0.15, -0.1) is 0 Å². The van der Waals surface area contributed by atoms with Crippen molar-refractivity contribution in [3.05, 3.63) is 65.9 Å². The highest BCUT2D eigenvalue weighted by atomic mass is 32.2. The summed E-state index contributed by atoms with van der Waals surface area (Å²) in [5.41, 5.74) is 11.5. The predicted molar refractivity (Wildman–Crippen MR) is 162 cm³/mol. The molecule has 0 atom stereocenters. The average molecular weight is 578 g/mol. The van der Waals surface area contributed by atoms with Gasteiger partial charge < -0.3 is 20.3 Å². The highest BCUT2D eigenvalue weighted by Crippen LogP contribution is 2.34. The smallest absolute Gasteiger partial charge is 0.192 e. The van der Waals surface area contributed by atoms with Gasteiger partial charge >= 0.3 is 0 Å². The SMILES string of the molecule is CC.Cc1c(-c2ccc(CNC3CCOCC3)cc2)noc1-c1nc(-c2ccc(S(=O)(=O)C(C)C)cc2)cnc1N. The van der Waals surface area contributed by atoms with Crippen molar-refractivity contribution < 1.29 is 17.7 Å². The normalized spacial score (nSPS) is 14.1. The molecule has 0 saturated carbocycles. The van der Waals surface area contributed by atoms with Crippen LogP contribution in [0, 0.1) is 6.92 Å². The van der Waals surface area contributed by atoms with Gasteiger partial charge in [0, 0.05) is 42.5 Å². The van der Waals surface area contributed by atoms with E-state index >= 15 is 0 Å². The lowest BCUT2D eigenvalue weighted by Crippen LogP contribution is -2.34. The van der Waals surface area contributed by atoms with Crippen LogP contribution in [0.15, 0.2) is 64.1 Å². The Morgan fingerprint density at radius 2 is 1.61 bits per heavy atom. The van der Waals surface area contributed by atoms with Crippen molar-refractivity contribution in [3.63, 3.8) is 0 Å². The maximum absolute atomic E-state index is 12.5. The molecular formula is C31H39N5O4S. The van der Waals surface area contributed by atoms with Crippen molar-refractivity contribution in [2.24, 2.45) is 0 Å². The highest BCUT2D eigenvalue weighted by Gasteiger charge is 2.22. The molecule has 41 heavy (non-hydrogen) atoms. The number of nitrogen functional groups attached to an aromatic ring is 1. The van der Waals surface area contributed by atoms with Crippen molar-refractivity contribution in [3.8, 4) is 34.0 Å². The van der Waals surface area contributed by atoms with Crippen LogP contribution in [0.1, 0.15) is 51.7 Å². The van der Waals surface area contributed by atoms with Gasteiger partial charge in [0.05, 0.1) is 22.0 Å². The number of sulfone groups is 1. The maximum atomic E-state index is 12.5. The molecule has 9 nitrogen and oxygen atoms in total. The molecule has 0 bridgehead atoms. The molecule has 0 aliphatic carbocycles. The summed E-state index contributed by atoms with van der Waals surface area (Å²) in [4.78, 5) is 9.29. The Balaban J connectivity index is 0.00000189. The molecule has 0 spiro atoms. The zero-order valence-corrected chi connectivity index (χ0v) is 25.2. The first-order valence-corrected chi connectivity index (χ1v) is 15.6. The van der Waals surface area contributed by atoms with Gasteiger partial charge in [-0.25, -0.2) is 18.4 Å². The summed E-state index contributed by atoms with van der Waals surface area (Å²) in [7, 11) is -3.36. The minimum atomic E-state index is -3.36. The first-order chi connectivity index (χ1) is 19.7. The van der Waals surface area contributed by atoms with Gasteiger partial charge in [0.25, 0.3) is 0 Å². The third kappa shape index (κ3) is 6.83. The third-order valence-corrected chi connectivity index (χ3v) is 9.25. The molecule has 1 aliphatic heterocycles. The van der Waals surface area contributed by atoms with Crippen LogP contribution in [0.3, 0.4) is 0 Å². The zero-order chi connectivity index (χ0) is 29.6. The molecule has 5 rings (SSSR count). The first kappa shape index (κ1) is 30.4. The lowest BCUT2D eigenvalue weighted by Gasteiger charge is -2.23. The zero-order valence-electron chi connectivity index (χ0n) is 24.3. The Morgan fingerprint density at radius 3 is 2.24 bits per heavy atom. The minimum absolute atomic E-state index is 0.220. The summed E-state index contributed by atoms with van der Waals surface area (Å²) in [5, 5.41) is 7.42. The largest absolute Gasteiger partial charge is 0.382 e. The Labute approximate surface area is 242 Å². The molecule has 2 aromatic carbocycles. The van der Waals surface area contributed by atoms with Crippen LogP contribution >= 0.6 is 0 Å². The van der Waals surface area contributed by atoms with Gasteiger partial charge in [0.2, 0.25) is 0 Å².